The predicted molar refractivity (Wildman–Crippen MR) is 165 cm³/mol. The van der Waals surface area contributed by atoms with Crippen molar-refractivity contribution in [3.05, 3.63) is 33.1 Å². The van der Waals surface area contributed by atoms with Gasteiger partial charge in [-0.05, 0) is 0 Å². The van der Waals surface area contributed by atoms with Gasteiger partial charge in [-0.2, -0.15) is 4.31 Å². The maximum atomic E-state index is 11.4. The van der Waals surface area contributed by atoms with E-state index in [0.717, 1.165) is 16.8 Å². The van der Waals surface area contributed by atoms with Crippen LogP contribution >= 0.6 is 23.5 Å². The lowest BCUT2D eigenvalue weighted by Crippen LogP contribution is -2.47. The van der Waals surface area contributed by atoms with Gasteiger partial charge in [-0.15, -0.1) is 0 Å². The second kappa shape index (κ2) is 24.5. The Labute approximate surface area is 299 Å². The molecule has 0 amide bonds. The maximum Gasteiger partial charge on any atom is 0.481 e. The van der Waals surface area contributed by atoms with Crippen molar-refractivity contribution < 1.29 is 127 Å². The third-order valence-corrected chi connectivity index (χ3v) is 8.12. The molecule has 19 N–H and O–H groups in total. The predicted octanol–water partition coefficient (Wildman–Crippen LogP) is -10.3. The number of phosphoric ester groups is 1. The van der Waals surface area contributed by atoms with Crippen LogP contribution in [0.1, 0.15) is 6.23 Å². The van der Waals surface area contributed by atoms with Gasteiger partial charge < -0.3 is 105 Å². The van der Waals surface area contributed by atoms with Gasteiger partial charge in [0.2, 0.25) is 0 Å². The van der Waals surface area contributed by atoms with E-state index in [0.29, 0.717) is 0 Å². The number of aliphatic hydroxyl groups excluding tert-OH is 12. The number of carbonyl (C=O) groups is 2. The molecule has 2 rings (SSSR count). The summed E-state index contributed by atoms with van der Waals surface area (Å²) in [6.07, 6.45) is -19.2. The van der Waals surface area contributed by atoms with E-state index in [1.807, 2.05) is 4.98 Å². The van der Waals surface area contributed by atoms with Crippen LogP contribution in [0.15, 0.2) is 21.9 Å². The fraction of sp³-hybridized carbons (Fsp3) is 0.714. The van der Waals surface area contributed by atoms with Gasteiger partial charge in [0, 0.05) is 12.3 Å². The first-order valence-corrected chi connectivity index (χ1v) is 18.5. The van der Waals surface area contributed by atoms with E-state index >= 15 is 0 Å². The van der Waals surface area contributed by atoms with Crippen LogP contribution in [0.25, 0.3) is 0 Å². The van der Waals surface area contributed by atoms with Gasteiger partial charge in [0.25, 0.3) is 5.56 Å². The molecule has 0 saturated carbocycles. The molecule has 0 radical (unpaired) electrons. The molecule has 0 spiro atoms. The van der Waals surface area contributed by atoms with Crippen LogP contribution in [0.3, 0.4) is 0 Å². The molecule has 1 fully saturated rings. The summed E-state index contributed by atoms with van der Waals surface area (Å²) < 4.78 is 43.8. The topological polar surface area (TPSA) is 532 Å². The SMILES string of the molecule is O=CC(O)C(O)C(O)C(O)CO.O=CC(OP(=O)(O)OP(=O)(O)O)C(O)C(O)C(O)CO.O=P(O)(O)O.O=c1ccn([C@@H]2O[C@H](CO)[C@@H](O)[C@H]2O)c(=O)[nH]1. The molecule has 0 bridgehead atoms. The van der Waals surface area contributed by atoms with Gasteiger partial charge in [0.05, 0.1) is 19.8 Å². The van der Waals surface area contributed by atoms with Gasteiger partial charge in [-0.1, -0.05) is 0 Å². The number of ether oxygens (including phenoxy) is 1. The van der Waals surface area contributed by atoms with Gasteiger partial charge in [-0.25, -0.2) is 18.5 Å². The lowest BCUT2D eigenvalue weighted by atomic mass is 10.0. The van der Waals surface area contributed by atoms with Crippen molar-refractivity contribution in [1.29, 1.82) is 0 Å². The number of nitrogens with zero attached hydrogens (tertiary/aromatic N) is 1. The standard InChI is InChI=1S/C9H12N2O6.C6H14O12P2.C6H12O6.H3O4P/c12-3-4-6(14)7(15)8(17-4)11-2-1-5(13)10-9(11)16;7-1-3(9)5(10)6(11)4(2-8)17-20(15,16)18-19(12,13)14;7-1-3(9)5(11)6(12)4(10)2-8;1-5(2,3)4/h1-2,4,6-8,12,14-15H,3H2,(H,10,13,16);2-7,9-11H,1H2,(H,15,16)(H2,12,13,14);1,3-6,8-12H,2H2;(H3,1,2,3,4)/t4-,6-,7-,8-;;;/m1.../s1. The first-order chi connectivity index (χ1) is 24.5. The molecule has 1 aliphatic heterocycles. The fourth-order valence-corrected chi connectivity index (χ4v) is 5.07. The summed E-state index contributed by atoms with van der Waals surface area (Å²) in [7, 11) is -15.5. The molecule has 318 valence electrons. The first kappa shape index (κ1) is 54.0. The van der Waals surface area contributed by atoms with Gasteiger partial charge in [0.15, 0.2) is 24.9 Å². The average Bonchev–Trinajstić information content (AvgIpc) is 3.35. The highest BCUT2D eigenvalue weighted by Gasteiger charge is 2.44. The average molecular weight is 862 g/mol. The Bertz CT molecular complexity index is 1510. The highest BCUT2D eigenvalue weighted by Crippen LogP contribution is 2.58. The summed E-state index contributed by atoms with van der Waals surface area (Å²) >= 11 is 0. The molecular weight excluding hydrogens is 821 g/mol. The normalized spacial score (nSPS) is 24.1. The van der Waals surface area contributed by atoms with E-state index in [-0.39, 0.29) is 12.6 Å². The molecule has 0 aromatic carbocycles. The summed E-state index contributed by atoms with van der Waals surface area (Å²) in [5.74, 6) is 0. The molecule has 0 aliphatic carbocycles. The summed E-state index contributed by atoms with van der Waals surface area (Å²) in [5.41, 5.74) is -1.33. The van der Waals surface area contributed by atoms with Crippen molar-refractivity contribution in [3.63, 3.8) is 0 Å². The Morgan fingerprint density at radius 3 is 1.59 bits per heavy atom. The minimum absolute atomic E-state index is 0.0258. The number of H-pyrrole nitrogens is 1. The number of aldehydes is 2. The van der Waals surface area contributed by atoms with E-state index in [1.54, 1.807) is 0 Å². The van der Waals surface area contributed by atoms with Crippen molar-refractivity contribution in [2.75, 3.05) is 19.8 Å². The molecule has 33 heteroatoms. The Balaban J connectivity index is 0. The first-order valence-electron chi connectivity index (χ1n) is 13.9. The molecule has 54 heavy (non-hydrogen) atoms. The number of rotatable bonds is 16. The fourth-order valence-electron chi connectivity index (χ4n) is 3.36. The van der Waals surface area contributed by atoms with Crippen LogP contribution in [-0.2, 0) is 36.9 Å². The third kappa shape index (κ3) is 20.7. The van der Waals surface area contributed by atoms with Crippen LogP contribution in [0.5, 0.6) is 0 Å². The highest BCUT2D eigenvalue weighted by atomic mass is 31.3. The molecule has 13 atom stereocenters. The number of aromatic amines is 1. The zero-order chi connectivity index (χ0) is 42.9. The number of phosphoric acid groups is 3. The second-order valence-corrected chi connectivity index (χ2v) is 13.9. The Morgan fingerprint density at radius 1 is 0.778 bits per heavy atom. The van der Waals surface area contributed by atoms with E-state index in [9.17, 15) is 48.7 Å². The molecule has 1 aromatic heterocycles. The van der Waals surface area contributed by atoms with Crippen molar-refractivity contribution >= 4 is 36.0 Å². The molecular formula is C21H41N2O28P3. The molecule has 1 saturated heterocycles. The van der Waals surface area contributed by atoms with E-state index < -0.39 is 128 Å². The van der Waals surface area contributed by atoms with Crippen molar-refractivity contribution in [2.24, 2.45) is 0 Å². The van der Waals surface area contributed by atoms with E-state index in [2.05, 4.69) is 8.83 Å². The smallest absolute Gasteiger partial charge is 0.394 e. The van der Waals surface area contributed by atoms with Crippen LogP contribution < -0.4 is 11.2 Å². The monoisotopic (exact) mass is 862 g/mol. The number of aromatic nitrogens is 2. The molecule has 1 aromatic rings. The molecule has 30 nitrogen and oxygen atoms in total. The zero-order valence-electron chi connectivity index (χ0n) is 26.8. The van der Waals surface area contributed by atoms with Crippen molar-refractivity contribution in [2.45, 2.75) is 73.4 Å². The summed E-state index contributed by atoms with van der Waals surface area (Å²) in [5, 5.41) is 108. The molecule has 9 unspecified atom stereocenters. The number of carbonyl (C=O) groups excluding carboxylic acids is 2. The van der Waals surface area contributed by atoms with E-state index in [1.165, 1.54) is 0 Å². The van der Waals surface area contributed by atoms with E-state index in [4.69, 9.17) is 79.5 Å². The van der Waals surface area contributed by atoms with Crippen molar-refractivity contribution in [1.82, 2.24) is 9.55 Å². The second-order valence-electron chi connectivity index (χ2n) is 10.1. The van der Waals surface area contributed by atoms with Gasteiger partial charge in [0.1, 0.15) is 61.0 Å². The molecule has 1 aliphatic rings. The Hall–Kier alpha value is -2.13. The summed E-state index contributed by atoms with van der Waals surface area (Å²) in [6.45, 7) is -2.24. The van der Waals surface area contributed by atoms with Gasteiger partial charge in [-0.3, -0.25) is 18.9 Å². The highest BCUT2D eigenvalue weighted by molar-refractivity contribution is 7.60. The number of aliphatic hydroxyl groups is 12. The third-order valence-electron chi connectivity index (χ3n) is 5.93. The summed E-state index contributed by atoms with van der Waals surface area (Å²) in [4.78, 5) is 91.9. The Kier molecular flexibility index (Phi) is 24.5. The lowest BCUT2D eigenvalue weighted by Gasteiger charge is -2.26. The maximum absolute atomic E-state index is 11.4. The van der Waals surface area contributed by atoms with Gasteiger partial charge >= 0.3 is 29.2 Å². The van der Waals surface area contributed by atoms with Crippen LogP contribution in [-0.4, -0.2) is 200 Å². The largest absolute Gasteiger partial charge is 0.481 e. The minimum Gasteiger partial charge on any atom is -0.394 e. The summed E-state index contributed by atoms with van der Waals surface area (Å²) in [6, 6.07) is 1.09. The van der Waals surface area contributed by atoms with Crippen LogP contribution in [0.2, 0.25) is 0 Å². The number of hydrogen-bond donors (Lipinski definition) is 19. The zero-order valence-corrected chi connectivity index (χ0v) is 29.5. The molecule has 2 heterocycles. The quantitative estimate of drug-likeness (QED) is 0.0542. The number of hydrogen-bond acceptors (Lipinski definition) is 22. The Morgan fingerprint density at radius 2 is 1.24 bits per heavy atom. The van der Waals surface area contributed by atoms with Crippen LogP contribution in [0.4, 0.5) is 0 Å². The van der Waals surface area contributed by atoms with Crippen LogP contribution in [0, 0.1) is 0 Å². The van der Waals surface area contributed by atoms with Crippen molar-refractivity contribution in [3.8, 4) is 0 Å². The number of nitrogens with one attached hydrogen (secondary N) is 1. The minimum atomic E-state index is -5.43. The lowest BCUT2D eigenvalue weighted by molar-refractivity contribution is -0.136.